The number of nitrogens with zero attached hydrogens (tertiary/aromatic N) is 6. The molecular weight excluding hydrogens is 340 g/mol. The summed E-state index contributed by atoms with van der Waals surface area (Å²) >= 11 is 0. The highest BCUT2D eigenvalue weighted by molar-refractivity contribution is 5.88. The molecule has 1 atom stereocenters. The number of fused-ring (bicyclic) bond motifs is 1. The summed E-state index contributed by atoms with van der Waals surface area (Å²) in [5.74, 6) is 0.907. The lowest BCUT2D eigenvalue weighted by Crippen LogP contribution is -2.38. The van der Waals surface area contributed by atoms with Crippen molar-refractivity contribution in [2.45, 2.75) is 51.6 Å². The van der Waals surface area contributed by atoms with Crippen LogP contribution in [-0.2, 0) is 12.0 Å². The maximum absolute atomic E-state index is 12.4. The zero-order valence-electron chi connectivity index (χ0n) is 16.0. The summed E-state index contributed by atoms with van der Waals surface area (Å²) in [5.41, 5.74) is 1.59. The summed E-state index contributed by atoms with van der Waals surface area (Å²) in [6, 6.07) is 5.58. The average molecular weight is 364 g/mol. The molecule has 0 saturated carbocycles. The largest absolute Gasteiger partial charge is 0.351 e. The van der Waals surface area contributed by atoms with Gasteiger partial charge in [0.25, 0.3) is 5.56 Å². The van der Waals surface area contributed by atoms with E-state index >= 15 is 0 Å². The Balaban J connectivity index is 1.68. The Bertz CT molecular complexity index is 1020. The first-order valence-corrected chi connectivity index (χ1v) is 9.33. The van der Waals surface area contributed by atoms with Crippen molar-refractivity contribution in [2.75, 3.05) is 11.4 Å². The molecule has 0 radical (unpaired) electrons. The van der Waals surface area contributed by atoms with Gasteiger partial charge in [0.2, 0.25) is 0 Å². The van der Waals surface area contributed by atoms with E-state index in [0.717, 1.165) is 41.8 Å². The smallest absolute Gasteiger partial charge is 0.266 e. The summed E-state index contributed by atoms with van der Waals surface area (Å²) in [4.78, 5) is 27.7. The van der Waals surface area contributed by atoms with E-state index in [1.165, 1.54) is 0 Å². The Morgan fingerprint density at radius 1 is 1.19 bits per heavy atom. The highest BCUT2D eigenvalue weighted by Gasteiger charge is 2.28. The van der Waals surface area contributed by atoms with Crippen LogP contribution in [0.15, 0.2) is 41.7 Å². The first-order valence-electron chi connectivity index (χ1n) is 9.33. The minimum atomic E-state index is -0.0966. The third-order valence-electron chi connectivity index (χ3n) is 5.09. The predicted molar refractivity (Wildman–Crippen MR) is 105 cm³/mol. The molecule has 4 heterocycles. The van der Waals surface area contributed by atoms with Crippen LogP contribution in [0.25, 0.3) is 10.9 Å². The van der Waals surface area contributed by atoms with Crippen molar-refractivity contribution in [3.05, 3.63) is 53.0 Å². The highest BCUT2D eigenvalue weighted by Crippen LogP contribution is 2.29. The van der Waals surface area contributed by atoms with Crippen LogP contribution in [0.2, 0.25) is 0 Å². The van der Waals surface area contributed by atoms with E-state index in [-0.39, 0.29) is 17.0 Å². The lowest BCUT2D eigenvalue weighted by molar-refractivity contribution is 0.457. The molecule has 1 aliphatic rings. The van der Waals surface area contributed by atoms with Gasteiger partial charge in [0.05, 0.1) is 30.0 Å². The molecule has 140 valence electrons. The number of aromatic nitrogens is 5. The molecule has 0 bridgehead atoms. The van der Waals surface area contributed by atoms with Crippen molar-refractivity contribution >= 4 is 16.7 Å². The minimum Gasteiger partial charge on any atom is -0.351 e. The van der Waals surface area contributed by atoms with E-state index in [1.54, 1.807) is 29.5 Å². The van der Waals surface area contributed by atoms with Gasteiger partial charge in [0, 0.05) is 29.6 Å². The summed E-state index contributed by atoms with van der Waals surface area (Å²) in [6.07, 6.45) is 7.17. The molecule has 3 aromatic heterocycles. The van der Waals surface area contributed by atoms with E-state index in [4.69, 9.17) is 0 Å². The van der Waals surface area contributed by atoms with E-state index < -0.39 is 0 Å². The fourth-order valence-electron chi connectivity index (χ4n) is 3.61. The van der Waals surface area contributed by atoms with Gasteiger partial charge in [-0.2, -0.15) is 5.10 Å². The molecule has 7 heteroatoms. The van der Waals surface area contributed by atoms with Gasteiger partial charge in [-0.15, -0.1) is 0 Å². The zero-order chi connectivity index (χ0) is 19.0. The highest BCUT2D eigenvalue weighted by atomic mass is 16.1. The Morgan fingerprint density at radius 3 is 2.85 bits per heavy atom. The second-order valence-corrected chi connectivity index (χ2v) is 8.07. The normalized spacial score (nSPS) is 17.6. The van der Waals surface area contributed by atoms with Crippen LogP contribution in [0, 0.1) is 0 Å². The number of rotatable bonds is 3. The second-order valence-electron chi connectivity index (χ2n) is 8.07. The van der Waals surface area contributed by atoms with Gasteiger partial charge >= 0.3 is 0 Å². The Labute approximate surface area is 158 Å². The fourth-order valence-corrected chi connectivity index (χ4v) is 3.61. The molecule has 1 aliphatic heterocycles. The van der Waals surface area contributed by atoms with Gasteiger partial charge in [-0.1, -0.05) is 20.8 Å². The molecule has 3 aromatic rings. The van der Waals surface area contributed by atoms with Crippen LogP contribution in [0.4, 0.5) is 5.82 Å². The van der Waals surface area contributed by atoms with Crippen LogP contribution in [0.1, 0.15) is 39.3 Å². The molecule has 4 rings (SSSR count). The van der Waals surface area contributed by atoms with Gasteiger partial charge in [0.1, 0.15) is 12.1 Å². The topological polar surface area (TPSA) is 76.8 Å². The summed E-state index contributed by atoms with van der Waals surface area (Å²) in [6.45, 7) is 7.78. The van der Waals surface area contributed by atoms with Gasteiger partial charge < -0.3 is 4.90 Å². The maximum Gasteiger partial charge on any atom is 0.266 e. The van der Waals surface area contributed by atoms with Crippen LogP contribution in [0.5, 0.6) is 0 Å². The van der Waals surface area contributed by atoms with E-state index in [1.807, 2.05) is 12.1 Å². The zero-order valence-corrected chi connectivity index (χ0v) is 16.0. The average Bonchev–Trinajstić information content (AvgIpc) is 3.10. The van der Waals surface area contributed by atoms with Crippen molar-refractivity contribution in [3.63, 3.8) is 0 Å². The molecule has 0 amide bonds. The Hall–Kier alpha value is -2.83. The monoisotopic (exact) mass is 364 g/mol. The van der Waals surface area contributed by atoms with Crippen LogP contribution < -0.4 is 10.5 Å². The number of anilines is 1. The van der Waals surface area contributed by atoms with Crippen molar-refractivity contribution in [1.29, 1.82) is 0 Å². The van der Waals surface area contributed by atoms with Gasteiger partial charge in [-0.3, -0.25) is 9.78 Å². The van der Waals surface area contributed by atoms with E-state index in [2.05, 4.69) is 45.7 Å². The first kappa shape index (κ1) is 17.6. The lowest BCUT2D eigenvalue weighted by Gasteiger charge is -2.27. The molecule has 1 unspecified atom stereocenters. The number of hydrogen-bond acceptors (Lipinski definition) is 6. The molecule has 0 aliphatic carbocycles. The Kier molecular flexibility index (Phi) is 4.37. The Morgan fingerprint density at radius 2 is 2.04 bits per heavy atom. The van der Waals surface area contributed by atoms with Crippen molar-refractivity contribution in [1.82, 2.24) is 24.7 Å². The lowest BCUT2D eigenvalue weighted by atomic mass is 9.92. The quantitative estimate of drug-likeness (QED) is 0.711. The number of pyridine rings is 1. The summed E-state index contributed by atoms with van der Waals surface area (Å²) in [7, 11) is 0. The van der Waals surface area contributed by atoms with Crippen LogP contribution >= 0.6 is 0 Å². The van der Waals surface area contributed by atoms with Crippen molar-refractivity contribution < 1.29 is 0 Å². The van der Waals surface area contributed by atoms with E-state index in [0.29, 0.717) is 6.54 Å². The van der Waals surface area contributed by atoms with E-state index in [9.17, 15) is 4.79 Å². The van der Waals surface area contributed by atoms with Crippen LogP contribution in [-0.4, -0.2) is 37.3 Å². The van der Waals surface area contributed by atoms with Gasteiger partial charge in [0.15, 0.2) is 0 Å². The molecule has 0 N–H and O–H groups in total. The predicted octanol–water partition coefficient (Wildman–Crippen LogP) is 2.55. The molecule has 0 spiro atoms. The number of hydrogen-bond donors (Lipinski definition) is 0. The standard InChI is InChI=1S/C20H24N6O/c1-20(2,3)17-6-7-18(27)26(24-17)12-14-5-4-10-25(14)19-15-8-9-21-11-16(15)22-13-23-19/h6-9,11,13-14H,4-5,10,12H2,1-3H3. The molecule has 1 fully saturated rings. The third-order valence-corrected chi connectivity index (χ3v) is 5.09. The summed E-state index contributed by atoms with van der Waals surface area (Å²) in [5, 5.41) is 5.62. The maximum atomic E-state index is 12.4. The third kappa shape index (κ3) is 3.41. The molecule has 7 nitrogen and oxygen atoms in total. The van der Waals surface area contributed by atoms with Gasteiger partial charge in [-0.25, -0.2) is 14.6 Å². The first-order chi connectivity index (χ1) is 12.9. The molecule has 0 aromatic carbocycles. The molecule has 1 saturated heterocycles. The molecular formula is C20H24N6O. The second kappa shape index (κ2) is 6.72. The fraction of sp³-hybridized carbons (Fsp3) is 0.450. The van der Waals surface area contributed by atoms with Crippen molar-refractivity contribution in [2.24, 2.45) is 0 Å². The van der Waals surface area contributed by atoms with Crippen LogP contribution in [0.3, 0.4) is 0 Å². The van der Waals surface area contributed by atoms with Crippen molar-refractivity contribution in [3.8, 4) is 0 Å². The molecule has 27 heavy (non-hydrogen) atoms. The summed E-state index contributed by atoms with van der Waals surface area (Å²) < 4.78 is 1.61. The minimum absolute atomic E-state index is 0.0633. The van der Waals surface area contributed by atoms with Gasteiger partial charge in [-0.05, 0) is 25.0 Å². The SMILES string of the molecule is CC(C)(C)c1ccc(=O)n(CC2CCCN2c2ncnc3cnccc23)n1.